The Balaban J connectivity index is 1.78. The number of thiophene rings is 1. The van der Waals surface area contributed by atoms with Gasteiger partial charge in [0.1, 0.15) is 6.54 Å². The lowest BCUT2D eigenvalue weighted by molar-refractivity contribution is -0.127. The first kappa shape index (κ1) is 20.3. The first-order valence-corrected chi connectivity index (χ1v) is 10.4. The SMILES string of the molecule is CN(C)C(=O)CN=C(NCCSc1ccccc1)NCCc1cccs1. The molecule has 0 bridgehead atoms. The Hall–Kier alpha value is -1.99. The van der Waals surface area contributed by atoms with Gasteiger partial charge in [-0.05, 0) is 30.0 Å². The van der Waals surface area contributed by atoms with E-state index in [0.717, 1.165) is 25.3 Å². The summed E-state index contributed by atoms with van der Waals surface area (Å²) in [5, 5.41) is 8.71. The van der Waals surface area contributed by atoms with Crippen LogP contribution >= 0.6 is 23.1 Å². The zero-order valence-electron chi connectivity index (χ0n) is 15.3. The van der Waals surface area contributed by atoms with Crippen molar-refractivity contribution in [2.45, 2.75) is 11.3 Å². The fourth-order valence-electron chi connectivity index (χ4n) is 2.08. The smallest absolute Gasteiger partial charge is 0.243 e. The Bertz CT molecular complexity index is 672. The number of carbonyl (C=O) groups excluding carboxylic acids is 1. The van der Waals surface area contributed by atoms with Crippen LogP contribution in [0.3, 0.4) is 0 Å². The second-order valence-electron chi connectivity index (χ2n) is 5.80. The number of benzene rings is 1. The summed E-state index contributed by atoms with van der Waals surface area (Å²) >= 11 is 3.55. The van der Waals surface area contributed by atoms with Crippen LogP contribution in [-0.2, 0) is 11.2 Å². The predicted molar refractivity (Wildman–Crippen MR) is 112 cm³/mol. The third-order valence-electron chi connectivity index (χ3n) is 3.52. The molecule has 0 saturated heterocycles. The summed E-state index contributed by atoms with van der Waals surface area (Å²) in [6, 6.07) is 14.5. The average Bonchev–Trinajstić information content (AvgIpc) is 3.16. The first-order chi connectivity index (χ1) is 12.6. The monoisotopic (exact) mass is 390 g/mol. The molecule has 5 nitrogen and oxygen atoms in total. The number of carbonyl (C=O) groups is 1. The molecule has 0 unspecified atom stereocenters. The number of hydrogen-bond donors (Lipinski definition) is 2. The molecule has 7 heteroatoms. The molecule has 0 aliphatic rings. The van der Waals surface area contributed by atoms with Gasteiger partial charge >= 0.3 is 0 Å². The maximum atomic E-state index is 11.8. The van der Waals surface area contributed by atoms with Gasteiger partial charge < -0.3 is 15.5 Å². The van der Waals surface area contributed by atoms with E-state index in [0.29, 0.717) is 5.96 Å². The van der Waals surface area contributed by atoms with Gasteiger partial charge in [-0.15, -0.1) is 23.1 Å². The fourth-order valence-corrected chi connectivity index (χ4v) is 3.57. The first-order valence-electron chi connectivity index (χ1n) is 8.57. The number of thioether (sulfide) groups is 1. The van der Waals surface area contributed by atoms with Gasteiger partial charge in [-0.3, -0.25) is 4.79 Å². The van der Waals surface area contributed by atoms with Crippen molar-refractivity contribution in [3.05, 3.63) is 52.7 Å². The topological polar surface area (TPSA) is 56.7 Å². The number of hydrogen-bond acceptors (Lipinski definition) is 4. The summed E-state index contributed by atoms with van der Waals surface area (Å²) < 4.78 is 0. The van der Waals surface area contributed by atoms with Gasteiger partial charge in [0, 0.05) is 42.7 Å². The molecule has 0 spiro atoms. The minimum atomic E-state index is -0.0111. The van der Waals surface area contributed by atoms with Crippen molar-refractivity contribution < 1.29 is 4.79 Å². The molecule has 2 N–H and O–H groups in total. The van der Waals surface area contributed by atoms with Crippen LogP contribution in [0.15, 0.2) is 57.7 Å². The molecule has 0 atom stereocenters. The lowest BCUT2D eigenvalue weighted by atomic mass is 10.3. The van der Waals surface area contributed by atoms with Crippen LogP contribution in [0.5, 0.6) is 0 Å². The van der Waals surface area contributed by atoms with Crippen molar-refractivity contribution in [2.24, 2.45) is 4.99 Å². The van der Waals surface area contributed by atoms with Crippen LogP contribution < -0.4 is 10.6 Å². The number of aliphatic imine (C=N–C) groups is 1. The summed E-state index contributed by atoms with van der Waals surface area (Å²) in [4.78, 5) is 20.3. The molecule has 26 heavy (non-hydrogen) atoms. The molecule has 0 fully saturated rings. The Kier molecular flexibility index (Phi) is 9.06. The van der Waals surface area contributed by atoms with Gasteiger partial charge in [0.2, 0.25) is 5.91 Å². The summed E-state index contributed by atoms with van der Waals surface area (Å²) in [6.45, 7) is 1.71. The maximum Gasteiger partial charge on any atom is 0.243 e. The van der Waals surface area contributed by atoms with Crippen LogP contribution in [0.2, 0.25) is 0 Å². The summed E-state index contributed by atoms with van der Waals surface area (Å²) in [6.07, 6.45) is 0.943. The molecule has 1 amide bonds. The highest BCUT2D eigenvalue weighted by Crippen LogP contribution is 2.15. The number of guanidine groups is 1. The van der Waals surface area contributed by atoms with Crippen molar-refractivity contribution in [3.8, 4) is 0 Å². The van der Waals surface area contributed by atoms with Crippen LogP contribution in [0.4, 0.5) is 0 Å². The standard InChI is InChI=1S/C19H26N4OS2/c1-23(2)18(24)15-22-19(20-11-10-17-9-6-13-25-17)21-12-14-26-16-7-4-3-5-8-16/h3-9,13H,10-12,14-15H2,1-2H3,(H2,20,21,22). The Morgan fingerprint density at radius 2 is 1.88 bits per heavy atom. The number of amides is 1. The second kappa shape index (κ2) is 11.6. The number of rotatable bonds is 9. The maximum absolute atomic E-state index is 11.8. The molecule has 0 aliphatic heterocycles. The van der Waals surface area contributed by atoms with Gasteiger partial charge in [0.25, 0.3) is 0 Å². The van der Waals surface area contributed by atoms with E-state index in [2.05, 4.69) is 45.3 Å². The number of nitrogens with one attached hydrogen (secondary N) is 2. The molecule has 1 aromatic heterocycles. The van der Waals surface area contributed by atoms with E-state index in [-0.39, 0.29) is 12.5 Å². The van der Waals surface area contributed by atoms with E-state index < -0.39 is 0 Å². The van der Waals surface area contributed by atoms with Crippen molar-refractivity contribution in [1.29, 1.82) is 0 Å². The van der Waals surface area contributed by atoms with Crippen molar-refractivity contribution >= 4 is 35.0 Å². The third kappa shape index (κ3) is 7.93. The quantitative estimate of drug-likeness (QED) is 0.299. The Morgan fingerprint density at radius 3 is 2.58 bits per heavy atom. The normalized spacial score (nSPS) is 11.2. The van der Waals surface area contributed by atoms with Crippen LogP contribution in [0, 0.1) is 0 Å². The van der Waals surface area contributed by atoms with Crippen LogP contribution in [-0.4, -0.2) is 56.2 Å². The van der Waals surface area contributed by atoms with E-state index >= 15 is 0 Å². The highest BCUT2D eigenvalue weighted by molar-refractivity contribution is 7.99. The highest BCUT2D eigenvalue weighted by atomic mass is 32.2. The fraction of sp³-hybridized carbons (Fsp3) is 0.368. The van der Waals surface area contributed by atoms with E-state index in [1.807, 2.05) is 18.2 Å². The average molecular weight is 391 g/mol. The van der Waals surface area contributed by atoms with Crippen molar-refractivity contribution in [1.82, 2.24) is 15.5 Å². The van der Waals surface area contributed by atoms with Crippen molar-refractivity contribution in [3.63, 3.8) is 0 Å². The van der Waals surface area contributed by atoms with E-state index in [1.54, 1.807) is 42.1 Å². The van der Waals surface area contributed by atoms with Gasteiger partial charge in [0.15, 0.2) is 5.96 Å². The molecule has 2 rings (SSSR count). The molecule has 140 valence electrons. The van der Waals surface area contributed by atoms with Crippen LogP contribution in [0.1, 0.15) is 4.88 Å². The summed E-state index contributed by atoms with van der Waals surface area (Å²) in [5.74, 6) is 1.60. The Morgan fingerprint density at radius 1 is 1.12 bits per heavy atom. The van der Waals surface area contributed by atoms with Gasteiger partial charge in [-0.1, -0.05) is 24.3 Å². The molecule has 0 aliphatic carbocycles. The van der Waals surface area contributed by atoms with E-state index in [4.69, 9.17) is 0 Å². The van der Waals surface area contributed by atoms with Crippen LogP contribution in [0.25, 0.3) is 0 Å². The second-order valence-corrected chi connectivity index (χ2v) is 8.00. The van der Waals surface area contributed by atoms with Gasteiger partial charge in [-0.25, -0.2) is 4.99 Å². The third-order valence-corrected chi connectivity index (χ3v) is 5.47. The summed E-state index contributed by atoms with van der Waals surface area (Å²) in [5.41, 5.74) is 0. The number of nitrogens with zero attached hydrogens (tertiary/aromatic N) is 2. The highest BCUT2D eigenvalue weighted by Gasteiger charge is 2.05. The zero-order valence-corrected chi connectivity index (χ0v) is 16.9. The van der Waals surface area contributed by atoms with Crippen molar-refractivity contribution in [2.75, 3.05) is 39.5 Å². The largest absolute Gasteiger partial charge is 0.356 e. The van der Waals surface area contributed by atoms with E-state index in [9.17, 15) is 4.79 Å². The molecule has 0 radical (unpaired) electrons. The molecule has 0 saturated carbocycles. The molecule has 2 aromatic rings. The predicted octanol–water partition coefficient (Wildman–Crippen LogP) is 2.71. The zero-order chi connectivity index (χ0) is 18.6. The molecular formula is C19H26N4OS2. The molecular weight excluding hydrogens is 364 g/mol. The Labute approximate surface area is 163 Å². The minimum absolute atomic E-state index is 0.0111. The minimum Gasteiger partial charge on any atom is -0.356 e. The van der Waals surface area contributed by atoms with E-state index in [1.165, 1.54) is 9.77 Å². The lowest BCUT2D eigenvalue weighted by Crippen LogP contribution is -2.40. The summed E-state index contributed by atoms with van der Waals surface area (Å²) in [7, 11) is 3.48. The van der Waals surface area contributed by atoms with Gasteiger partial charge in [-0.2, -0.15) is 0 Å². The molecule has 1 aromatic carbocycles. The lowest BCUT2D eigenvalue weighted by Gasteiger charge is -2.13. The van der Waals surface area contributed by atoms with Gasteiger partial charge in [0.05, 0.1) is 0 Å². The number of likely N-dealkylation sites (N-methyl/N-ethyl adjacent to an activating group) is 1. The molecule has 1 heterocycles.